The molecule has 2 heterocycles. The van der Waals surface area contributed by atoms with Crippen LogP contribution in [-0.2, 0) is 0 Å². The highest BCUT2D eigenvalue weighted by molar-refractivity contribution is 5.78. The van der Waals surface area contributed by atoms with E-state index in [-0.39, 0.29) is 0 Å². The topological polar surface area (TPSA) is 105 Å². The van der Waals surface area contributed by atoms with Crippen LogP contribution in [-0.4, -0.2) is 22.1 Å². The van der Waals surface area contributed by atoms with Crippen molar-refractivity contribution in [2.75, 3.05) is 17.7 Å². The van der Waals surface area contributed by atoms with Gasteiger partial charge in [0.2, 0.25) is 5.95 Å². The van der Waals surface area contributed by atoms with Crippen LogP contribution in [0.3, 0.4) is 0 Å². The summed E-state index contributed by atoms with van der Waals surface area (Å²) in [6.07, 6.45) is 1.74. The van der Waals surface area contributed by atoms with Gasteiger partial charge in [0, 0.05) is 23.1 Å². The lowest BCUT2D eigenvalue weighted by Crippen LogP contribution is -2.02. The molecule has 0 radical (unpaired) electrons. The van der Waals surface area contributed by atoms with Crippen LogP contribution >= 0.6 is 0 Å². The number of H-pyrrole nitrogens is 1. The van der Waals surface area contributed by atoms with Gasteiger partial charge in [-0.25, -0.2) is 9.78 Å². The van der Waals surface area contributed by atoms with E-state index in [2.05, 4.69) is 25.6 Å². The molecule has 0 aliphatic heterocycles. The van der Waals surface area contributed by atoms with Crippen molar-refractivity contribution in [3.63, 3.8) is 0 Å². The van der Waals surface area contributed by atoms with E-state index >= 15 is 0 Å². The van der Waals surface area contributed by atoms with Crippen LogP contribution in [0.1, 0.15) is 5.56 Å². The average molecular weight is 363 g/mol. The zero-order chi connectivity index (χ0) is 18.8. The number of aromatic nitrogens is 3. The van der Waals surface area contributed by atoms with Gasteiger partial charge in [0.25, 0.3) is 0 Å². The SMILES string of the molecule is COc1ccc(Nc2ncc(C)c(Nc3ccc4oc(=O)[nH]c4c3)n2)cc1. The maximum absolute atomic E-state index is 11.3. The van der Waals surface area contributed by atoms with Crippen LogP contribution in [0.2, 0.25) is 0 Å². The molecular formula is C19H17N5O3. The summed E-state index contributed by atoms with van der Waals surface area (Å²) >= 11 is 0. The quantitative estimate of drug-likeness (QED) is 0.496. The largest absolute Gasteiger partial charge is 0.497 e. The van der Waals surface area contributed by atoms with E-state index < -0.39 is 5.76 Å². The number of ether oxygens (including phenoxy) is 1. The van der Waals surface area contributed by atoms with Crippen molar-refractivity contribution >= 4 is 34.2 Å². The monoisotopic (exact) mass is 363 g/mol. The molecule has 0 atom stereocenters. The first-order valence-corrected chi connectivity index (χ1v) is 8.25. The highest BCUT2D eigenvalue weighted by Gasteiger charge is 2.07. The van der Waals surface area contributed by atoms with Crippen LogP contribution in [0.4, 0.5) is 23.1 Å². The van der Waals surface area contributed by atoms with Crippen molar-refractivity contribution < 1.29 is 9.15 Å². The molecule has 0 spiro atoms. The summed E-state index contributed by atoms with van der Waals surface area (Å²) in [6.45, 7) is 1.91. The summed E-state index contributed by atoms with van der Waals surface area (Å²) < 4.78 is 10.2. The van der Waals surface area contributed by atoms with Crippen molar-refractivity contribution in [1.82, 2.24) is 15.0 Å². The Morgan fingerprint density at radius 2 is 1.85 bits per heavy atom. The number of nitrogens with one attached hydrogen (secondary N) is 3. The Bertz CT molecular complexity index is 1150. The Hall–Kier alpha value is -3.81. The molecule has 8 heteroatoms. The van der Waals surface area contributed by atoms with E-state index in [1.165, 1.54) is 0 Å². The minimum absolute atomic E-state index is 0.464. The van der Waals surface area contributed by atoms with Crippen LogP contribution < -0.4 is 21.1 Å². The summed E-state index contributed by atoms with van der Waals surface area (Å²) in [5.74, 6) is 1.42. The lowest BCUT2D eigenvalue weighted by atomic mass is 10.2. The van der Waals surface area contributed by atoms with Gasteiger partial charge in [-0.3, -0.25) is 4.98 Å². The lowest BCUT2D eigenvalue weighted by molar-refractivity contribution is 0.415. The molecule has 0 unspecified atom stereocenters. The highest BCUT2D eigenvalue weighted by atomic mass is 16.5. The maximum atomic E-state index is 11.3. The van der Waals surface area contributed by atoms with Gasteiger partial charge in [-0.15, -0.1) is 0 Å². The zero-order valence-electron chi connectivity index (χ0n) is 14.7. The molecule has 0 saturated heterocycles. The number of oxazole rings is 1. The molecule has 0 aliphatic carbocycles. The third-order valence-electron chi connectivity index (χ3n) is 4.00. The molecule has 0 bridgehead atoms. The minimum Gasteiger partial charge on any atom is -0.497 e. The lowest BCUT2D eigenvalue weighted by Gasteiger charge is -2.11. The highest BCUT2D eigenvalue weighted by Crippen LogP contribution is 2.23. The average Bonchev–Trinajstić information content (AvgIpc) is 3.04. The standard InChI is InChI=1S/C19H17N5O3/c1-11-10-20-18(22-12-3-6-14(26-2)7-4-12)24-17(11)21-13-5-8-16-15(9-13)23-19(25)27-16/h3-10H,1-2H3,(H,23,25)(H2,20,21,22,24). The molecule has 2 aromatic carbocycles. The van der Waals surface area contributed by atoms with E-state index in [0.29, 0.717) is 22.9 Å². The van der Waals surface area contributed by atoms with Crippen molar-refractivity contribution in [2.45, 2.75) is 6.92 Å². The molecular weight excluding hydrogens is 346 g/mol. The number of nitrogens with zero attached hydrogens (tertiary/aromatic N) is 2. The number of hydrogen-bond donors (Lipinski definition) is 3. The number of benzene rings is 2. The second kappa shape index (κ2) is 6.83. The molecule has 0 fully saturated rings. The van der Waals surface area contributed by atoms with Gasteiger partial charge in [-0.2, -0.15) is 4.98 Å². The van der Waals surface area contributed by atoms with Gasteiger partial charge in [0.1, 0.15) is 11.6 Å². The number of anilines is 4. The predicted octanol–water partition coefficient (Wildman–Crippen LogP) is 3.72. The second-order valence-corrected chi connectivity index (χ2v) is 5.93. The van der Waals surface area contributed by atoms with Crippen LogP contribution in [0.5, 0.6) is 5.75 Å². The van der Waals surface area contributed by atoms with Gasteiger partial charge in [0.15, 0.2) is 5.58 Å². The first-order chi connectivity index (χ1) is 13.1. The van der Waals surface area contributed by atoms with E-state index in [1.807, 2.05) is 37.3 Å². The number of hydrogen-bond acceptors (Lipinski definition) is 7. The van der Waals surface area contributed by atoms with Crippen LogP contribution in [0.25, 0.3) is 11.1 Å². The second-order valence-electron chi connectivity index (χ2n) is 5.93. The molecule has 27 heavy (non-hydrogen) atoms. The first kappa shape index (κ1) is 16.6. The van der Waals surface area contributed by atoms with E-state index in [0.717, 1.165) is 22.7 Å². The van der Waals surface area contributed by atoms with Crippen molar-refractivity contribution in [3.8, 4) is 5.75 Å². The van der Waals surface area contributed by atoms with Gasteiger partial charge in [-0.05, 0) is 49.4 Å². The Balaban J connectivity index is 1.58. The third kappa shape index (κ3) is 3.59. The van der Waals surface area contributed by atoms with Crippen molar-refractivity contribution in [1.29, 1.82) is 0 Å². The smallest absolute Gasteiger partial charge is 0.417 e. The van der Waals surface area contributed by atoms with Gasteiger partial charge in [0.05, 0.1) is 12.6 Å². The van der Waals surface area contributed by atoms with Crippen LogP contribution in [0.15, 0.2) is 57.9 Å². The van der Waals surface area contributed by atoms with E-state index in [9.17, 15) is 4.79 Å². The fraction of sp³-hybridized carbons (Fsp3) is 0.105. The molecule has 0 aliphatic rings. The Labute approximate surface area is 154 Å². The van der Waals surface area contributed by atoms with Crippen LogP contribution in [0, 0.1) is 6.92 Å². The molecule has 4 aromatic rings. The number of methoxy groups -OCH3 is 1. The Morgan fingerprint density at radius 3 is 2.63 bits per heavy atom. The number of rotatable bonds is 5. The maximum Gasteiger partial charge on any atom is 0.417 e. The fourth-order valence-corrected chi connectivity index (χ4v) is 2.60. The third-order valence-corrected chi connectivity index (χ3v) is 4.00. The predicted molar refractivity (Wildman–Crippen MR) is 103 cm³/mol. The molecule has 0 amide bonds. The minimum atomic E-state index is -0.480. The first-order valence-electron chi connectivity index (χ1n) is 8.25. The van der Waals surface area contributed by atoms with Crippen molar-refractivity contribution in [2.24, 2.45) is 0 Å². The van der Waals surface area contributed by atoms with Crippen molar-refractivity contribution in [3.05, 3.63) is 64.8 Å². The summed E-state index contributed by atoms with van der Waals surface area (Å²) in [5, 5.41) is 6.40. The van der Waals surface area contributed by atoms with Gasteiger partial charge in [-0.1, -0.05) is 0 Å². The molecule has 8 nitrogen and oxygen atoms in total. The molecule has 136 valence electrons. The normalized spacial score (nSPS) is 10.7. The van der Waals surface area contributed by atoms with Gasteiger partial charge < -0.3 is 19.8 Å². The summed E-state index contributed by atoms with van der Waals surface area (Å²) in [5.41, 5.74) is 3.64. The Kier molecular flexibility index (Phi) is 4.21. The number of fused-ring (bicyclic) bond motifs is 1. The fourth-order valence-electron chi connectivity index (χ4n) is 2.60. The summed E-state index contributed by atoms with van der Waals surface area (Å²) in [7, 11) is 1.62. The zero-order valence-corrected chi connectivity index (χ0v) is 14.7. The molecule has 4 rings (SSSR count). The number of aromatic amines is 1. The summed E-state index contributed by atoms with van der Waals surface area (Å²) in [4.78, 5) is 22.8. The molecule has 3 N–H and O–H groups in total. The molecule has 0 saturated carbocycles. The summed E-state index contributed by atoms with van der Waals surface area (Å²) in [6, 6.07) is 12.8. The molecule has 2 aromatic heterocycles. The van der Waals surface area contributed by atoms with E-state index in [4.69, 9.17) is 9.15 Å². The van der Waals surface area contributed by atoms with E-state index in [1.54, 1.807) is 25.4 Å². The van der Waals surface area contributed by atoms with Gasteiger partial charge >= 0.3 is 5.76 Å². The number of aryl methyl sites for hydroxylation is 1. The Morgan fingerprint density at radius 1 is 1.07 bits per heavy atom.